The fraction of sp³-hybridized carbons (Fsp3) is 0.583. The second-order valence-electron chi connectivity index (χ2n) is 4.49. The van der Waals surface area contributed by atoms with Crippen LogP contribution in [0.5, 0.6) is 0 Å². The third-order valence-electron chi connectivity index (χ3n) is 3.29. The molecule has 0 saturated heterocycles. The van der Waals surface area contributed by atoms with Crippen LogP contribution in [-0.2, 0) is 0 Å². The molecule has 5 heteroatoms. The van der Waals surface area contributed by atoms with Crippen molar-refractivity contribution in [1.82, 2.24) is 9.97 Å². The standard InChI is InChI=1S/C12H19N5/c1-2-17(8-9-4-3-5-9)12-15-7-6-10(16-12)11(13)14/h6-7,9H,2-5,8H2,1H3,(H3,13,14). The van der Waals surface area contributed by atoms with E-state index in [4.69, 9.17) is 11.1 Å². The molecule has 1 aliphatic rings. The lowest BCUT2D eigenvalue weighted by atomic mass is 9.85. The first kappa shape index (κ1) is 11.8. The summed E-state index contributed by atoms with van der Waals surface area (Å²) in [6.07, 6.45) is 5.63. The maximum atomic E-state index is 7.39. The number of aromatic nitrogens is 2. The second kappa shape index (κ2) is 5.12. The number of rotatable bonds is 5. The zero-order valence-corrected chi connectivity index (χ0v) is 10.2. The lowest BCUT2D eigenvalue weighted by molar-refractivity contribution is 0.317. The van der Waals surface area contributed by atoms with E-state index in [0.29, 0.717) is 11.6 Å². The van der Waals surface area contributed by atoms with Gasteiger partial charge in [0.25, 0.3) is 0 Å². The van der Waals surface area contributed by atoms with Gasteiger partial charge in [-0.2, -0.15) is 0 Å². The molecule has 1 heterocycles. The van der Waals surface area contributed by atoms with E-state index < -0.39 is 0 Å². The van der Waals surface area contributed by atoms with Crippen molar-refractivity contribution < 1.29 is 0 Å². The number of anilines is 1. The van der Waals surface area contributed by atoms with Crippen LogP contribution in [0.15, 0.2) is 12.3 Å². The Balaban J connectivity index is 2.11. The average Bonchev–Trinajstić information content (AvgIpc) is 2.28. The molecule has 0 aliphatic heterocycles. The van der Waals surface area contributed by atoms with Crippen LogP contribution in [0.1, 0.15) is 31.9 Å². The molecule has 1 aromatic heterocycles. The summed E-state index contributed by atoms with van der Waals surface area (Å²) < 4.78 is 0. The van der Waals surface area contributed by atoms with Crippen LogP contribution in [0.3, 0.4) is 0 Å². The highest BCUT2D eigenvalue weighted by Gasteiger charge is 2.21. The molecule has 0 aromatic carbocycles. The van der Waals surface area contributed by atoms with Gasteiger partial charge in [0, 0.05) is 19.3 Å². The van der Waals surface area contributed by atoms with Crippen LogP contribution >= 0.6 is 0 Å². The predicted octanol–water partition coefficient (Wildman–Crippen LogP) is 1.39. The molecule has 5 nitrogen and oxygen atoms in total. The van der Waals surface area contributed by atoms with Crippen molar-refractivity contribution in [3.63, 3.8) is 0 Å². The largest absolute Gasteiger partial charge is 0.382 e. The number of hydrogen-bond acceptors (Lipinski definition) is 4. The molecule has 0 bridgehead atoms. The van der Waals surface area contributed by atoms with Gasteiger partial charge in [-0.3, -0.25) is 5.41 Å². The molecule has 0 spiro atoms. The summed E-state index contributed by atoms with van der Waals surface area (Å²) in [5, 5.41) is 7.39. The molecule has 92 valence electrons. The van der Waals surface area contributed by atoms with E-state index >= 15 is 0 Å². The first-order valence-electron chi connectivity index (χ1n) is 6.13. The summed E-state index contributed by atoms with van der Waals surface area (Å²) >= 11 is 0. The Hall–Kier alpha value is -1.65. The van der Waals surface area contributed by atoms with Crippen molar-refractivity contribution in [2.24, 2.45) is 11.7 Å². The molecular formula is C12H19N5. The van der Waals surface area contributed by atoms with Gasteiger partial charge in [0.2, 0.25) is 5.95 Å². The zero-order valence-electron chi connectivity index (χ0n) is 10.2. The maximum absolute atomic E-state index is 7.39. The van der Waals surface area contributed by atoms with Gasteiger partial charge in [-0.25, -0.2) is 9.97 Å². The quantitative estimate of drug-likeness (QED) is 0.595. The molecule has 2 rings (SSSR count). The van der Waals surface area contributed by atoms with Crippen LogP contribution in [-0.4, -0.2) is 28.9 Å². The van der Waals surface area contributed by atoms with Crippen molar-refractivity contribution in [2.75, 3.05) is 18.0 Å². The third-order valence-corrected chi connectivity index (χ3v) is 3.29. The summed E-state index contributed by atoms with van der Waals surface area (Å²) in [5.41, 5.74) is 5.94. The van der Waals surface area contributed by atoms with Gasteiger partial charge in [-0.15, -0.1) is 0 Å². The summed E-state index contributed by atoms with van der Waals surface area (Å²) in [7, 11) is 0. The molecule has 0 atom stereocenters. The van der Waals surface area contributed by atoms with Crippen molar-refractivity contribution in [1.29, 1.82) is 5.41 Å². The monoisotopic (exact) mass is 233 g/mol. The molecule has 1 fully saturated rings. The van der Waals surface area contributed by atoms with E-state index in [0.717, 1.165) is 19.0 Å². The molecular weight excluding hydrogens is 214 g/mol. The fourth-order valence-corrected chi connectivity index (χ4v) is 1.99. The molecule has 1 aromatic rings. The first-order valence-corrected chi connectivity index (χ1v) is 6.13. The Bertz CT molecular complexity index is 400. The molecule has 0 radical (unpaired) electrons. The van der Waals surface area contributed by atoms with Gasteiger partial charge in [-0.05, 0) is 31.7 Å². The minimum Gasteiger partial charge on any atom is -0.382 e. The molecule has 1 aliphatic carbocycles. The Kier molecular flexibility index (Phi) is 3.56. The van der Waals surface area contributed by atoms with Crippen molar-refractivity contribution in [3.8, 4) is 0 Å². The summed E-state index contributed by atoms with van der Waals surface area (Å²) in [5.74, 6) is 1.46. The number of nitrogens with two attached hydrogens (primary N) is 1. The Morgan fingerprint density at radius 3 is 2.88 bits per heavy atom. The van der Waals surface area contributed by atoms with Gasteiger partial charge in [0.1, 0.15) is 11.5 Å². The van der Waals surface area contributed by atoms with Crippen molar-refractivity contribution in [3.05, 3.63) is 18.0 Å². The van der Waals surface area contributed by atoms with Crippen molar-refractivity contribution in [2.45, 2.75) is 26.2 Å². The number of nitrogens with one attached hydrogen (secondary N) is 1. The summed E-state index contributed by atoms with van der Waals surface area (Å²) in [6.45, 7) is 4.00. The minimum absolute atomic E-state index is 0.00616. The van der Waals surface area contributed by atoms with E-state index in [1.165, 1.54) is 19.3 Å². The van der Waals surface area contributed by atoms with Gasteiger partial charge in [-0.1, -0.05) is 6.42 Å². The van der Waals surface area contributed by atoms with E-state index in [-0.39, 0.29) is 5.84 Å². The SMILES string of the molecule is CCN(CC1CCC1)c1nccc(C(=N)N)n1. The topological polar surface area (TPSA) is 78.9 Å². The molecule has 17 heavy (non-hydrogen) atoms. The maximum Gasteiger partial charge on any atom is 0.225 e. The van der Waals surface area contributed by atoms with Gasteiger partial charge < -0.3 is 10.6 Å². The summed E-state index contributed by atoms with van der Waals surface area (Å²) in [4.78, 5) is 10.8. The smallest absolute Gasteiger partial charge is 0.225 e. The average molecular weight is 233 g/mol. The highest BCUT2D eigenvalue weighted by Crippen LogP contribution is 2.27. The number of nitrogen functional groups attached to an aromatic ring is 1. The number of hydrogen-bond donors (Lipinski definition) is 2. The summed E-state index contributed by atoms with van der Waals surface area (Å²) in [6, 6.07) is 1.67. The normalized spacial score (nSPS) is 15.4. The van der Waals surface area contributed by atoms with E-state index in [1.807, 2.05) is 0 Å². The van der Waals surface area contributed by atoms with E-state index in [9.17, 15) is 0 Å². The Morgan fingerprint density at radius 1 is 1.59 bits per heavy atom. The lowest BCUT2D eigenvalue weighted by Crippen LogP contribution is -2.34. The molecule has 3 N–H and O–H groups in total. The van der Waals surface area contributed by atoms with Gasteiger partial charge in [0.05, 0.1) is 0 Å². The van der Waals surface area contributed by atoms with Crippen LogP contribution in [0.2, 0.25) is 0 Å². The highest BCUT2D eigenvalue weighted by molar-refractivity contribution is 5.93. The number of amidine groups is 1. The minimum atomic E-state index is -0.00616. The predicted molar refractivity (Wildman–Crippen MR) is 68.3 cm³/mol. The lowest BCUT2D eigenvalue weighted by Gasteiger charge is -2.31. The van der Waals surface area contributed by atoms with Crippen LogP contribution < -0.4 is 10.6 Å². The Labute approximate surface area is 102 Å². The zero-order chi connectivity index (χ0) is 12.3. The van der Waals surface area contributed by atoms with Crippen LogP contribution in [0.25, 0.3) is 0 Å². The third kappa shape index (κ3) is 2.72. The fourth-order valence-electron chi connectivity index (χ4n) is 1.99. The molecule has 0 unspecified atom stereocenters. The van der Waals surface area contributed by atoms with Crippen LogP contribution in [0, 0.1) is 11.3 Å². The van der Waals surface area contributed by atoms with E-state index in [2.05, 4.69) is 21.8 Å². The number of nitrogens with zero attached hydrogens (tertiary/aromatic N) is 3. The highest BCUT2D eigenvalue weighted by atomic mass is 15.2. The van der Waals surface area contributed by atoms with Crippen LogP contribution in [0.4, 0.5) is 5.95 Å². The van der Waals surface area contributed by atoms with Gasteiger partial charge in [0.15, 0.2) is 0 Å². The van der Waals surface area contributed by atoms with Crippen molar-refractivity contribution >= 4 is 11.8 Å². The first-order chi connectivity index (χ1) is 8.20. The van der Waals surface area contributed by atoms with Gasteiger partial charge >= 0.3 is 0 Å². The second-order valence-corrected chi connectivity index (χ2v) is 4.49. The van der Waals surface area contributed by atoms with E-state index in [1.54, 1.807) is 12.3 Å². The molecule has 0 amide bonds. The molecule has 1 saturated carbocycles. The Morgan fingerprint density at radius 2 is 2.35 bits per heavy atom.